The summed E-state index contributed by atoms with van der Waals surface area (Å²) >= 11 is 0. The highest BCUT2D eigenvalue weighted by molar-refractivity contribution is 6.58. The highest BCUT2D eigenvalue weighted by Gasteiger charge is 2.18. The molecule has 4 nitrogen and oxygen atoms in total. The molecule has 74 valence electrons. The Bertz CT molecular complexity index is 353. The topological polar surface area (TPSA) is 66.8 Å². The molecule has 0 bridgehead atoms. The van der Waals surface area contributed by atoms with Crippen molar-refractivity contribution in [2.45, 2.75) is 0 Å². The smallest absolute Gasteiger partial charge is 0.465 e. The molecule has 0 aromatic heterocycles. The van der Waals surface area contributed by atoms with Crippen LogP contribution in [0.15, 0.2) is 18.2 Å². The largest absolute Gasteiger partial charge is 0.491 e. The molecule has 0 aliphatic carbocycles. The van der Waals surface area contributed by atoms with Gasteiger partial charge in [0, 0.05) is 5.46 Å². The van der Waals surface area contributed by atoms with Gasteiger partial charge in [-0.25, -0.2) is 9.18 Å². The van der Waals surface area contributed by atoms with Gasteiger partial charge in [0.25, 0.3) is 0 Å². The molecule has 0 unspecified atom stereocenters. The maximum Gasteiger partial charge on any atom is 0.491 e. The average Bonchev–Trinajstić information content (AvgIpc) is 2.17. The minimum absolute atomic E-state index is 0.0667. The summed E-state index contributed by atoms with van der Waals surface area (Å²) in [4.78, 5) is 11.0. The lowest BCUT2D eigenvalue weighted by atomic mass is 9.79. The Labute approximate surface area is 80.1 Å². The van der Waals surface area contributed by atoms with Gasteiger partial charge in [-0.3, -0.25) is 0 Å². The van der Waals surface area contributed by atoms with Crippen molar-refractivity contribution >= 4 is 18.6 Å². The Balaban J connectivity index is 3.13. The molecule has 0 spiro atoms. The Kier molecular flexibility index (Phi) is 3.21. The number of rotatable bonds is 2. The summed E-state index contributed by atoms with van der Waals surface area (Å²) in [5.74, 6) is -1.44. The third kappa shape index (κ3) is 2.10. The first-order valence-corrected chi connectivity index (χ1v) is 3.80. The van der Waals surface area contributed by atoms with Crippen LogP contribution >= 0.6 is 0 Å². The van der Waals surface area contributed by atoms with Gasteiger partial charge in [0.1, 0.15) is 5.82 Å². The van der Waals surface area contributed by atoms with Crippen LogP contribution in [0.1, 0.15) is 10.4 Å². The number of carbonyl (C=O) groups is 1. The Hall–Kier alpha value is -1.40. The van der Waals surface area contributed by atoms with Crippen LogP contribution in [0.4, 0.5) is 4.39 Å². The average molecular weight is 198 g/mol. The molecule has 0 saturated heterocycles. The maximum absolute atomic E-state index is 12.9. The van der Waals surface area contributed by atoms with E-state index in [1.165, 1.54) is 13.2 Å². The maximum atomic E-state index is 12.9. The van der Waals surface area contributed by atoms with Gasteiger partial charge in [-0.05, 0) is 18.2 Å². The zero-order valence-corrected chi connectivity index (χ0v) is 7.40. The van der Waals surface area contributed by atoms with Gasteiger partial charge in [-0.1, -0.05) is 0 Å². The summed E-state index contributed by atoms with van der Waals surface area (Å²) < 4.78 is 17.3. The lowest BCUT2D eigenvalue weighted by Gasteiger charge is -2.04. The molecule has 0 fully saturated rings. The monoisotopic (exact) mass is 198 g/mol. The van der Waals surface area contributed by atoms with E-state index < -0.39 is 18.9 Å². The fraction of sp³-hybridized carbons (Fsp3) is 0.125. The number of ether oxygens (including phenoxy) is 1. The van der Waals surface area contributed by atoms with Gasteiger partial charge < -0.3 is 14.8 Å². The van der Waals surface area contributed by atoms with Crippen molar-refractivity contribution in [3.63, 3.8) is 0 Å². The van der Waals surface area contributed by atoms with Crippen LogP contribution in [0.2, 0.25) is 0 Å². The molecule has 0 heterocycles. The highest BCUT2D eigenvalue weighted by atomic mass is 19.1. The highest BCUT2D eigenvalue weighted by Crippen LogP contribution is 2.02. The summed E-state index contributed by atoms with van der Waals surface area (Å²) in [6.07, 6.45) is 0. The molecule has 2 N–H and O–H groups in total. The minimum Gasteiger partial charge on any atom is -0.465 e. The van der Waals surface area contributed by atoms with E-state index >= 15 is 0 Å². The van der Waals surface area contributed by atoms with Crippen molar-refractivity contribution < 1.29 is 24.0 Å². The summed E-state index contributed by atoms with van der Waals surface area (Å²) in [6, 6.07) is 3.21. The number of hydrogen-bond donors (Lipinski definition) is 2. The SMILES string of the molecule is COC(=O)c1ccc(F)c(B(O)O)c1. The first-order chi connectivity index (χ1) is 6.56. The molecule has 14 heavy (non-hydrogen) atoms. The van der Waals surface area contributed by atoms with Crippen molar-refractivity contribution in [2.24, 2.45) is 0 Å². The minimum atomic E-state index is -1.94. The van der Waals surface area contributed by atoms with Crippen LogP contribution in [0.3, 0.4) is 0 Å². The third-order valence-electron chi connectivity index (χ3n) is 1.70. The summed E-state index contributed by atoms with van der Waals surface area (Å²) in [7, 11) is -0.764. The number of carbonyl (C=O) groups excluding carboxylic acids is 1. The molecule has 0 aliphatic rings. The lowest BCUT2D eigenvalue weighted by Crippen LogP contribution is -2.33. The second-order valence-corrected chi connectivity index (χ2v) is 2.60. The Morgan fingerprint density at radius 1 is 1.50 bits per heavy atom. The Morgan fingerprint density at radius 3 is 2.64 bits per heavy atom. The number of hydrogen-bond acceptors (Lipinski definition) is 4. The molecular formula is C8H8BFO4. The van der Waals surface area contributed by atoms with Gasteiger partial charge in [0.15, 0.2) is 0 Å². The zero-order chi connectivity index (χ0) is 10.7. The van der Waals surface area contributed by atoms with Crippen molar-refractivity contribution in [3.05, 3.63) is 29.6 Å². The van der Waals surface area contributed by atoms with Crippen LogP contribution in [0, 0.1) is 5.82 Å². The molecule has 0 saturated carbocycles. The summed E-state index contributed by atoms with van der Waals surface area (Å²) in [5, 5.41) is 17.5. The van der Waals surface area contributed by atoms with Crippen molar-refractivity contribution in [3.8, 4) is 0 Å². The molecule has 0 amide bonds. The lowest BCUT2D eigenvalue weighted by molar-refractivity contribution is 0.0601. The molecule has 0 aliphatic heterocycles. The van der Waals surface area contributed by atoms with Crippen LogP contribution in [-0.2, 0) is 4.74 Å². The fourth-order valence-corrected chi connectivity index (χ4v) is 0.986. The molecule has 1 aromatic carbocycles. The van der Waals surface area contributed by atoms with Crippen LogP contribution in [0.5, 0.6) is 0 Å². The van der Waals surface area contributed by atoms with E-state index in [1.807, 2.05) is 0 Å². The van der Waals surface area contributed by atoms with Crippen molar-refractivity contribution in [1.82, 2.24) is 0 Å². The van der Waals surface area contributed by atoms with Crippen molar-refractivity contribution in [2.75, 3.05) is 7.11 Å². The second kappa shape index (κ2) is 4.21. The predicted octanol–water partition coefficient (Wildman–Crippen LogP) is -0.708. The van der Waals surface area contributed by atoms with Crippen LogP contribution < -0.4 is 5.46 Å². The van der Waals surface area contributed by atoms with Gasteiger partial charge in [0.05, 0.1) is 12.7 Å². The fourth-order valence-electron chi connectivity index (χ4n) is 0.986. The second-order valence-electron chi connectivity index (χ2n) is 2.60. The van der Waals surface area contributed by atoms with Crippen molar-refractivity contribution in [1.29, 1.82) is 0 Å². The third-order valence-corrected chi connectivity index (χ3v) is 1.70. The van der Waals surface area contributed by atoms with E-state index in [4.69, 9.17) is 10.0 Å². The molecule has 0 atom stereocenters. The molecule has 1 rings (SSSR count). The van der Waals surface area contributed by atoms with Gasteiger partial charge in [-0.2, -0.15) is 0 Å². The van der Waals surface area contributed by atoms with Crippen LogP contribution in [0.25, 0.3) is 0 Å². The number of methoxy groups -OCH3 is 1. The van der Waals surface area contributed by atoms with Gasteiger partial charge in [0.2, 0.25) is 0 Å². The zero-order valence-electron chi connectivity index (χ0n) is 7.40. The first kappa shape index (κ1) is 10.7. The Morgan fingerprint density at radius 2 is 2.14 bits per heavy atom. The number of halogens is 1. The van der Waals surface area contributed by atoms with E-state index in [2.05, 4.69) is 4.74 Å². The number of benzene rings is 1. The van der Waals surface area contributed by atoms with E-state index in [1.54, 1.807) is 0 Å². The summed E-state index contributed by atoms with van der Waals surface area (Å²) in [6.45, 7) is 0. The summed E-state index contributed by atoms with van der Waals surface area (Å²) in [5.41, 5.74) is -0.287. The van der Waals surface area contributed by atoms with E-state index in [0.29, 0.717) is 0 Å². The van der Waals surface area contributed by atoms with Gasteiger partial charge in [-0.15, -0.1) is 0 Å². The van der Waals surface area contributed by atoms with E-state index in [-0.39, 0.29) is 11.0 Å². The number of esters is 1. The molecule has 6 heteroatoms. The first-order valence-electron chi connectivity index (χ1n) is 3.80. The molecular weight excluding hydrogens is 190 g/mol. The predicted molar refractivity (Wildman–Crippen MR) is 47.6 cm³/mol. The molecule has 1 aromatic rings. The van der Waals surface area contributed by atoms with Crippen LogP contribution in [-0.4, -0.2) is 30.2 Å². The van der Waals surface area contributed by atoms with E-state index in [0.717, 1.165) is 12.1 Å². The quantitative estimate of drug-likeness (QED) is 0.486. The van der Waals surface area contributed by atoms with Gasteiger partial charge >= 0.3 is 13.1 Å². The normalized spacial score (nSPS) is 9.71. The van der Waals surface area contributed by atoms with E-state index in [9.17, 15) is 9.18 Å². The standard InChI is InChI=1S/C8H8BFO4/c1-14-8(11)5-2-3-7(10)6(4-5)9(12)13/h2-4,12-13H,1H3. The molecule has 0 radical (unpaired) electrons.